The standard InChI is InChI=1S/C14H7F5O2/c15-10-5-7(13(20)21)6-11(16)12(10)8-3-1-2-4-9(8)14(17,18)19/h1-6H,(H,20,21). The predicted octanol–water partition coefficient (Wildman–Crippen LogP) is 4.35. The fraction of sp³-hybridized carbons (Fsp3) is 0.0714. The van der Waals surface area contributed by atoms with Gasteiger partial charge in [-0.15, -0.1) is 0 Å². The minimum absolute atomic E-state index is 0.480. The van der Waals surface area contributed by atoms with Gasteiger partial charge in [-0.25, -0.2) is 13.6 Å². The second kappa shape index (κ2) is 5.16. The maximum absolute atomic E-state index is 13.9. The zero-order chi connectivity index (χ0) is 15.8. The molecule has 0 aliphatic heterocycles. The van der Waals surface area contributed by atoms with Gasteiger partial charge < -0.3 is 5.11 Å². The molecule has 1 N–H and O–H groups in total. The minimum Gasteiger partial charge on any atom is -0.478 e. The molecule has 0 heterocycles. The average molecular weight is 302 g/mol. The van der Waals surface area contributed by atoms with Crippen LogP contribution < -0.4 is 0 Å². The molecule has 0 amide bonds. The van der Waals surface area contributed by atoms with Crippen LogP contribution in [0.15, 0.2) is 36.4 Å². The lowest BCUT2D eigenvalue weighted by molar-refractivity contribution is -0.137. The Balaban J connectivity index is 2.72. The molecule has 2 nitrogen and oxygen atoms in total. The van der Waals surface area contributed by atoms with Crippen LogP contribution in [0.1, 0.15) is 15.9 Å². The van der Waals surface area contributed by atoms with E-state index in [0.29, 0.717) is 18.2 Å². The van der Waals surface area contributed by atoms with Gasteiger partial charge in [0.1, 0.15) is 11.6 Å². The number of halogens is 5. The lowest BCUT2D eigenvalue weighted by Crippen LogP contribution is -2.09. The van der Waals surface area contributed by atoms with Crippen LogP contribution >= 0.6 is 0 Å². The van der Waals surface area contributed by atoms with Gasteiger partial charge in [0.25, 0.3) is 0 Å². The summed E-state index contributed by atoms with van der Waals surface area (Å²) in [4.78, 5) is 10.7. The molecule has 21 heavy (non-hydrogen) atoms. The molecule has 0 fully saturated rings. The maximum Gasteiger partial charge on any atom is 0.417 e. The molecule has 0 spiro atoms. The van der Waals surface area contributed by atoms with E-state index in [-0.39, 0.29) is 0 Å². The van der Waals surface area contributed by atoms with Crippen molar-refractivity contribution >= 4 is 5.97 Å². The van der Waals surface area contributed by atoms with E-state index >= 15 is 0 Å². The molecule has 0 aromatic heterocycles. The first kappa shape index (κ1) is 15.0. The Kier molecular flexibility index (Phi) is 3.67. The lowest BCUT2D eigenvalue weighted by Gasteiger charge is -2.14. The lowest BCUT2D eigenvalue weighted by atomic mass is 9.97. The minimum atomic E-state index is -4.79. The molecule has 0 saturated heterocycles. The van der Waals surface area contributed by atoms with Crippen molar-refractivity contribution in [3.8, 4) is 11.1 Å². The van der Waals surface area contributed by atoms with E-state index < -0.39 is 46.0 Å². The van der Waals surface area contributed by atoms with Crippen molar-refractivity contribution in [2.45, 2.75) is 6.18 Å². The monoisotopic (exact) mass is 302 g/mol. The number of alkyl halides is 3. The number of carboxylic acid groups (broad SMARTS) is 1. The number of carbonyl (C=O) groups is 1. The Morgan fingerprint density at radius 2 is 1.52 bits per heavy atom. The first-order valence-electron chi connectivity index (χ1n) is 5.60. The van der Waals surface area contributed by atoms with Gasteiger partial charge in [-0.05, 0) is 23.8 Å². The molecule has 0 bridgehead atoms. The fourth-order valence-electron chi connectivity index (χ4n) is 1.90. The Morgan fingerprint density at radius 3 is 2.00 bits per heavy atom. The van der Waals surface area contributed by atoms with Crippen molar-refractivity contribution in [1.82, 2.24) is 0 Å². The normalized spacial score (nSPS) is 11.5. The highest BCUT2D eigenvalue weighted by Crippen LogP contribution is 2.38. The zero-order valence-corrected chi connectivity index (χ0v) is 10.2. The third-order valence-corrected chi connectivity index (χ3v) is 2.79. The summed E-state index contributed by atoms with van der Waals surface area (Å²) in [5.74, 6) is -4.32. The van der Waals surface area contributed by atoms with Crippen LogP contribution in [0, 0.1) is 11.6 Å². The van der Waals surface area contributed by atoms with Crippen molar-refractivity contribution in [1.29, 1.82) is 0 Å². The predicted molar refractivity (Wildman–Crippen MR) is 63.8 cm³/mol. The fourth-order valence-corrected chi connectivity index (χ4v) is 1.90. The van der Waals surface area contributed by atoms with E-state index in [4.69, 9.17) is 5.11 Å². The number of benzene rings is 2. The zero-order valence-electron chi connectivity index (χ0n) is 10.2. The van der Waals surface area contributed by atoms with Crippen LogP contribution in [0.3, 0.4) is 0 Å². The largest absolute Gasteiger partial charge is 0.478 e. The van der Waals surface area contributed by atoms with Crippen molar-refractivity contribution in [3.63, 3.8) is 0 Å². The second-order valence-electron chi connectivity index (χ2n) is 4.16. The van der Waals surface area contributed by atoms with Crippen LogP contribution in [0.4, 0.5) is 22.0 Å². The van der Waals surface area contributed by atoms with Crippen LogP contribution in [-0.4, -0.2) is 11.1 Å². The van der Waals surface area contributed by atoms with Crippen molar-refractivity contribution in [3.05, 3.63) is 59.2 Å². The number of rotatable bonds is 2. The Morgan fingerprint density at radius 1 is 1.00 bits per heavy atom. The van der Waals surface area contributed by atoms with Gasteiger partial charge in [-0.3, -0.25) is 0 Å². The maximum atomic E-state index is 13.9. The molecule has 0 saturated carbocycles. The van der Waals surface area contributed by atoms with Gasteiger partial charge in [0.15, 0.2) is 0 Å². The third-order valence-electron chi connectivity index (χ3n) is 2.79. The number of aromatic carboxylic acids is 1. The topological polar surface area (TPSA) is 37.3 Å². The van der Waals surface area contributed by atoms with E-state index in [1.54, 1.807) is 0 Å². The van der Waals surface area contributed by atoms with Gasteiger partial charge in [0, 0.05) is 0 Å². The van der Waals surface area contributed by atoms with E-state index in [2.05, 4.69) is 0 Å². The molecule has 0 aliphatic rings. The highest BCUT2D eigenvalue weighted by molar-refractivity contribution is 5.88. The number of carboxylic acids is 1. The van der Waals surface area contributed by atoms with Crippen LogP contribution in [0.2, 0.25) is 0 Å². The van der Waals surface area contributed by atoms with Crippen LogP contribution in [0.25, 0.3) is 11.1 Å². The van der Waals surface area contributed by atoms with Crippen LogP contribution in [0.5, 0.6) is 0 Å². The Hall–Kier alpha value is -2.44. The molecule has 110 valence electrons. The smallest absolute Gasteiger partial charge is 0.417 e. The summed E-state index contributed by atoms with van der Waals surface area (Å²) >= 11 is 0. The van der Waals surface area contributed by atoms with Gasteiger partial charge in [-0.1, -0.05) is 18.2 Å². The van der Waals surface area contributed by atoms with E-state index in [1.165, 1.54) is 6.07 Å². The van der Waals surface area contributed by atoms with Gasteiger partial charge in [-0.2, -0.15) is 13.2 Å². The van der Waals surface area contributed by atoms with Crippen molar-refractivity contribution < 1.29 is 31.9 Å². The third kappa shape index (κ3) is 2.86. The first-order chi connectivity index (χ1) is 9.71. The molecule has 2 aromatic rings. The Labute approximate surface area is 115 Å². The SMILES string of the molecule is O=C(O)c1cc(F)c(-c2ccccc2C(F)(F)F)c(F)c1. The molecule has 7 heteroatoms. The van der Waals surface area contributed by atoms with Crippen LogP contribution in [-0.2, 0) is 6.18 Å². The molecule has 0 aliphatic carbocycles. The molecular formula is C14H7F5O2. The van der Waals surface area contributed by atoms with Gasteiger partial charge in [0.05, 0.1) is 16.7 Å². The first-order valence-corrected chi connectivity index (χ1v) is 5.60. The summed E-state index contributed by atoms with van der Waals surface area (Å²) in [6, 6.07) is 4.87. The molecule has 0 atom stereocenters. The summed E-state index contributed by atoms with van der Waals surface area (Å²) in [5, 5.41) is 8.67. The van der Waals surface area contributed by atoms with Gasteiger partial charge in [0.2, 0.25) is 0 Å². The quantitative estimate of drug-likeness (QED) is 0.837. The summed E-state index contributed by atoms with van der Waals surface area (Å²) < 4.78 is 66.3. The molecular weight excluding hydrogens is 295 g/mol. The number of hydrogen-bond acceptors (Lipinski definition) is 1. The highest BCUT2D eigenvalue weighted by Gasteiger charge is 2.34. The van der Waals surface area contributed by atoms with Gasteiger partial charge >= 0.3 is 12.1 Å². The summed E-state index contributed by atoms with van der Waals surface area (Å²) in [6.07, 6.45) is -4.79. The number of hydrogen-bond donors (Lipinski definition) is 1. The van der Waals surface area contributed by atoms with Crippen molar-refractivity contribution in [2.24, 2.45) is 0 Å². The van der Waals surface area contributed by atoms with Crippen molar-refractivity contribution in [2.75, 3.05) is 0 Å². The van der Waals surface area contributed by atoms with E-state index in [9.17, 15) is 26.7 Å². The average Bonchev–Trinajstić information content (AvgIpc) is 2.37. The molecule has 0 radical (unpaired) electrons. The summed E-state index contributed by atoms with van der Waals surface area (Å²) in [7, 11) is 0. The Bertz CT molecular complexity index is 684. The summed E-state index contributed by atoms with van der Waals surface area (Å²) in [6.45, 7) is 0. The molecule has 2 aromatic carbocycles. The molecule has 0 unspecified atom stereocenters. The second-order valence-corrected chi connectivity index (χ2v) is 4.16. The summed E-state index contributed by atoms with van der Waals surface area (Å²) in [5.41, 5.74) is -3.48. The molecule has 2 rings (SSSR count). The highest BCUT2D eigenvalue weighted by atomic mass is 19.4. The van der Waals surface area contributed by atoms with E-state index in [1.807, 2.05) is 0 Å². The van der Waals surface area contributed by atoms with E-state index in [0.717, 1.165) is 12.1 Å².